The molecule has 1 aliphatic heterocycles. The maximum absolute atomic E-state index is 13.9. The predicted octanol–water partition coefficient (Wildman–Crippen LogP) is 7.87. The lowest BCUT2D eigenvalue weighted by atomic mass is 9.87. The van der Waals surface area contributed by atoms with Gasteiger partial charge >= 0.3 is 0 Å². The number of rotatable bonds is 8. The van der Waals surface area contributed by atoms with Crippen LogP contribution in [0.15, 0.2) is 18.2 Å². The van der Waals surface area contributed by atoms with Gasteiger partial charge in [-0.2, -0.15) is 0 Å². The number of fused-ring (bicyclic) bond motifs is 1. The lowest BCUT2D eigenvalue weighted by Crippen LogP contribution is -2.39. The number of aromatic nitrogens is 3. The highest BCUT2D eigenvalue weighted by Gasteiger charge is 2.33. The molecule has 3 fully saturated rings. The number of hydrogen-bond acceptors (Lipinski definition) is 5. The molecule has 0 atom stereocenters. The number of pyridine rings is 1. The molecule has 2 saturated carbocycles. The predicted molar refractivity (Wildman–Crippen MR) is 186 cm³/mol. The summed E-state index contributed by atoms with van der Waals surface area (Å²) < 4.78 is 2.25. The van der Waals surface area contributed by atoms with Crippen molar-refractivity contribution < 1.29 is 9.59 Å². The number of carbonyl (C=O) groups is 2. The Morgan fingerprint density at radius 1 is 0.935 bits per heavy atom. The van der Waals surface area contributed by atoms with E-state index in [9.17, 15) is 9.59 Å². The van der Waals surface area contributed by atoms with Crippen molar-refractivity contribution in [2.45, 2.75) is 111 Å². The van der Waals surface area contributed by atoms with Crippen molar-refractivity contribution >= 4 is 52.0 Å². The Morgan fingerprint density at radius 3 is 2.26 bits per heavy atom. The van der Waals surface area contributed by atoms with E-state index >= 15 is 0 Å². The number of amides is 2. The Bertz CT molecular complexity index is 1610. The summed E-state index contributed by atoms with van der Waals surface area (Å²) in [5, 5.41) is 7.44. The first-order chi connectivity index (χ1) is 21.9. The molecule has 2 aromatic heterocycles. The molecular weight excluding hydrogens is 619 g/mol. The Labute approximate surface area is 283 Å². The third kappa shape index (κ3) is 7.18. The van der Waals surface area contributed by atoms with Crippen LogP contribution in [-0.2, 0) is 17.8 Å². The van der Waals surface area contributed by atoms with Crippen LogP contribution in [0.2, 0.25) is 10.0 Å². The van der Waals surface area contributed by atoms with Gasteiger partial charge in [-0.05, 0) is 86.5 Å². The summed E-state index contributed by atoms with van der Waals surface area (Å²) in [5.74, 6) is 2.88. The molecular formula is C36H48Cl2N6O2. The Morgan fingerprint density at radius 2 is 1.61 bits per heavy atom. The van der Waals surface area contributed by atoms with Gasteiger partial charge in [-0.25, -0.2) is 9.97 Å². The molecule has 46 heavy (non-hydrogen) atoms. The first-order valence-electron chi connectivity index (χ1n) is 17.1. The van der Waals surface area contributed by atoms with Gasteiger partial charge in [0.05, 0.1) is 10.6 Å². The fraction of sp³-hybridized carbons (Fsp3) is 0.611. The first kappa shape index (κ1) is 33.1. The molecule has 2 N–H and O–H groups in total. The second kappa shape index (κ2) is 13.3. The van der Waals surface area contributed by atoms with Crippen LogP contribution in [0.3, 0.4) is 0 Å². The number of nitrogens with one attached hydrogen (secondary N) is 2. The molecule has 3 aliphatic rings. The lowest BCUT2D eigenvalue weighted by molar-refractivity contribution is -0.128. The molecule has 3 heterocycles. The molecule has 1 saturated heterocycles. The largest absolute Gasteiger partial charge is 0.356 e. The van der Waals surface area contributed by atoms with Crippen molar-refractivity contribution in [1.29, 1.82) is 0 Å². The number of nitrogens with zero attached hydrogens (tertiary/aromatic N) is 4. The van der Waals surface area contributed by atoms with Crippen molar-refractivity contribution in [3.63, 3.8) is 0 Å². The zero-order valence-electron chi connectivity index (χ0n) is 27.9. The summed E-state index contributed by atoms with van der Waals surface area (Å²) in [7, 11) is 0. The molecule has 0 spiro atoms. The molecule has 10 heteroatoms. The van der Waals surface area contributed by atoms with Gasteiger partial charge in [-0.3, -0.25) is 9.59 Å². The average Bonchev–Trinajstić information content (AvgIpc) is 3.79. The highest BCUT2D eigenvalue weighted by molar-refractivity contribution is 6.36. The van der Waals surface area contributed by atoms with Crippen molar-refractivity contribution in [3.05, 3.63) is 50.8 Å². The van der Waals surface area contributed by atoms with E-state index in [1.165, 1.54) is 0 Å². The Hall–Kier alpha value is -2.84. The van der Waals surface area contributed by atoms with Crippen molar-refractivity contribution in [2.75, 3.05) is 18.0 Å². The molecule has 0 bridgehead atoms. The number of imidazole rings is 1. The van der Waals surface area contributed by atoms with Crippen molar-refractivity contribution in [3.8, 4) is 0 Å². The van der Waals surface area contributed by atoms with E-state index in [4.69, 9.17) is 33.2 Å². The molecule has 2 amide bonds. The van der Waals surface area contributed by atoms with Gasteiger partial charge in [0.15, 0.2) is 5.65 Å². The minimum atomic E-state index is -0.500. The van der Waals surface area contributed by atoms with Crippen LogP contribution in [0, 0.1) is 17.3 Å². The van der Waals surface area contributed by atoms with Crippen molar-refractivity contribution in [2.24, 2.45) is 17.3 Å². The highest BCUT2D eigenvalue weighted by Crippen LogP contribution is 2.41. The van der Waals surface area contributed by atoms with Gasteiger partial charge in [0.25, 0.3) is 5.91 Å². The average molecular weight is 668 g/mol. The number of benzene rings is 1. The summed E-state index contributed by atoms with van der Waals surface area (Å²) in [5.41, 5.74) is 3.23. The van der Waals surface area contributed by atoms with Gasteiger partial charge in [0.2, 0.25) is 5.91 Å². The number of piperidine rings is 1. The van der Waals surface area contributed by atoms with Crippen LogP contribution in [-0.4, -0.2) is 45.5 Å². The minimum Gasteiger partial charge on any atom is -0.356 e. The topological polar surface area (TPSA) is 92.2 Å². The monoisotopic (exact) mass is 666 g/mol. The Balaban J connectivity index is 1.36. The quantitative estimate of drug-likeness (QED) is 0.255. The molecule has 248 valence electrons. The summed E-state index contributed by atoms with van der Waals surface area (Å²) in [4.78, 5) is 39.1. The summed E-state index contributed by atoms with van der Waals surface area (Å²) in [6, 6.07) is 6.16. The van der Waals surface area contributed by atoms with E-state index in [0.717, 1.165) is 98.4 Å². The second-order valence-electron chi connectivity index (χ2n) is 15.0. The molecule has 3 aromatic rings. The van der Waals surface area contributed by atoms with E-state index in [1.54, 1.807) is 0 Å². The van der Waals surface area contributed by atoms with E-state index in [-0.39, 0.29) is 17.9 Å². The van der Waals surface area contributed by atoms with Crippen LogP contribution in [0.5, 0.6) is 0 Å². The van der Waals surface area contributed by atoms with E-state index in [0.29, 0.717) is 46.5 Å². The third-order valence-corrected chi connectivity index (χ3v) is 10.9. The van der Waals surface area contributed by atoms with Gasteiger partial charge in [-0.15, -0.1) is 0 Å². The standard InChI is InChI=1S/C36H48Cl2N6O2/c1-21-6-9-24(10-7-21)40-34(45)27-18-29-33(42-32(27)43-16-14-22(2)15-17-43)44(25-11-12-25)30(41-29)19-26-28(37)13-8-23(31(26)38)20-39-35(46)36(3,4)5/h8,13,18,21-22,24-25H,6-7,9-12,14-17,19-20H2,1-5H3,(H,39,46)(H,40,45). The molecule has 6 rings (SSSR count). The first-order valence-corrected chi connectivity index (χ1v) is 17.9. The van der Waals surface area contributed by atoms with Gasteiger partial charge in [0.1, 0.15) is 17.2 Å². The number of hydrogen-bond donors (Lipinski definition) is 2. The lowest BCUT2D eigenvalue weighted by Gasteiger charge is -2.33. The van der Waals surface area contributed by atoms with Crippen LogP contribution >= 0.6 is 23.2 Å². The molecule has 1 aromatic carbocycles. The smallest absolute Gasteiger partial charge is 0.255 e. The van der Waals surface area contributed by atoms with Crippen LogP contribution in [0.1, 0.15) is 119 Å². The molecule has 0 unspecified atom stereocenters. The van der Waals surface area contributed by atoms with E-state index in [1.807, 2.05) is 39.0 Å². The zero-order valence-corrected chi connectivity index (χ0v) is 29.4. The summed E-state index contributed by atoms with van der Waals surface area (Å²) in [6.07, 6.45) is 9.01. The van der Waals surface area contributed by atoms with Gasteiger partial charge < -0.3 is 20.1 Å². The highest BCUT2D eigenvalue weighted by atomic mass is 35.5. The van der Waals surface area contributed by atoms with Gasteiger partial charge in [0, 0.05) is 48.6 Å². The van der Waals surface area contributed by atoms with Crippen LogP contribution < -0.4 is 15.5 Å². The molecule has 8 nitrogen and oxygen atoms in total. The van der Waals surface area contributed by atoms with E-state index < -0.39 is 5.41 Å². The maximum atomic E-state index is 13.9. The third-order valence-electron chi connectivity index (χ3n) is 10.0. The fourth-order valence-corrected chi connectivity index (χ4v) is 7.31. The minimum absolute atomic E-state index is 0.0430. The number of halogens is 2. The van der Waals surface area contributed by atoms with Crippen LogP contribution in [0.25, 0.3) is 11.2 Å². The SMILES string of the molecule is CC1CCC(NC(=O)c2cc3nc(Cc4c(Cl)ccc(CNC(=O)C(C)(C)C)c4Cl)n(C4CC4)c3nc2N2CCC(C)CC2)CC1. The zero-order chi connectivity index (χ0) is 32.7. The van der Waals surface area contributed by atoms with Crippen LogP contribution in [0.4, 0.5) is 5.82 Å². The summed E-state index contributed by atoms with van der Waals surface area (Å²) >= 11 is 13.7. The Kier molecular flexibility index (Phi) is 9.60. The fourth-order valence-electron chi connectivity index (χ4n) is 6.74. The summed E-state index contributed by atoms with van der Waals surface area (Å²) in [6.45, 7) is 12.3. The maximum Gasteiger partial charge on any atom is 0.255 e. The van der Waals surface area contributed by atoms with Gasteiger partial charge in [-0.1, -0.05) is 63.9 Å². The number of anilines is 1. The van der Waals surface area contributed by atoms with Crippen molar-refractivity contribution in [1.82, 2.24) is 25.2 Å². The molecule has 0 radical (unpaired) electrons. The molecule has 2 aliphatic carbocycles. The number of carbonyl (C=O) groups excluding carboxylic acids is 2. The van der Waals surface area contributed by atoms with E-state index in [2.05, 4.69) is 33.9 Å². The normalized spacial score (nSPS) is 21.1. The second-order valence-corrected chi connectivity index (χ2v) is 15.8.